The Morgan fingerprint density at radius 1 is 1.33 bits per heavy atom. The maximum absolute atomic E-state index is 4.64. The smallest absolute Gasteiger partial charge is 0.178 e. The summed E-state index contributed by atoms with van der Waals surface area (Å²) in [5.41, 5.74) is 2.36. The summed E-state index contributed by atoms with van der Waals surface area (Å²) >= 11 is 0. The maximum atomic E-state index is 4.64. The molecule has 0 aromatic carbocycles. The Morgan fingerprint density at radius 2 is 2.33 bits per heavy atom. The molecule has 3 aliphatic heterocycles. The van der Waals surface area contributed by atoms with Gasteiger partial charge in [-0.3, -0.25) is 16.0 Å². The Kier molecular flexibility index (Phi) is 1.44. The van der Waals surface area contributed by atoms with Crippen LogP contribution in [0.25, 0.3) is 0 Å². The zero-order valence-corrected chi connectivity index (χ0v) is 8.27. The third-order valence-corrected chi connectivity index (χ3v) is 3.45. The van der Waals surface area contributed by atoms with Crippen molar-refractivity contribution < 1.29 is 0 Å². The second-order valence-electron chi connectivity index (χ2n) is 4.25. The van der Waals surface area contributed by atoms with Gasteiger partial charge in [0.1, 0.15) is 6.17 Å². The third kappa shape index (κ3) is 0.949. The average Bonchev–Trinajstić information content (AvgIpc) is 2.89. The summed E-state index contributed by atoms with van der Waals surface area (Å²) in [6.07, 6.45) is 6.79. The van der Waals surface area contributed by atoms with Crippen LogP contribution in [0.15, 0.2) is 28.9 Å². The summed E-state index contributed by atoms with van der Waals surface area (Å²) in [5.74, 6) is 0. The van der Waals surface area contributed by atoms with Crippen LogP contribution >= 0.6 is 0 Å². The van der Waals surface area contributed by atoms with E-state index in [1.807, 2.05) is 0 Å². The van der Waals surface area contributed by atoms with Gasteiger partial charge in [-0.05, 0) is 12.2 Å². The molecule has 2 fully saturated rings. The molecule has 5 nitrogen and oxygen atoms in total. The van der Waals surface area contributed by atoms with E-state index >= 15 is 0 Å². The average molecular weight is 203 g/mol. The van der Waals surface area contributed by atoms with E-state index in [4.69, 9.17) is 0 Å². The van der Waals surface area contributed by atoms with Gasteiger partial charge >= 0.3 is 0 Å². The molecule has 4 rings (SSSR count). The number of fused-ring (bicyclic) bond motifs is 5. The van der Waals surface area contributed by atoms with Crippen LogP contribution in [-0.4, -0.2) is 42.3 Å². The van der Waals surface area contributed by atoms with Crippen LogP contribution in [0.2, 0.25) is 0 Å². The number of nitrogens with one attached hydrogen (secondary N) is 3. The molecule has 0 saturated carbocycles. The SMILES string of the molecule is C1=CC2=NC3NCC4NCNC4N3C2=C1. The lowest BCUT2D eigenvalue weighted by molar-refractivity contribution is 0.112. The monoisotopic (exact) mass is 203 g/mol. The highest BCUT2D eigenvalue weighted by atomic mass is 15.5. The fraction of sp³-hybridized carbons (Fsp3) is 0.500. The van der Waals surface area contributed by atoms with Crippen molar-refractivity contribution in [3.8, 4) is 0 Å². The summed E-state index contributed by atoms with van der Waals surface area (Å²) in [6.45, 7) is 1.86. The van der Waals surface area contributed by atoms with E-state index in [1.165, 1.54) is 5.70 Å². The van der Waals surface area contributed by atoms with Gasteiger partial charge in [-0.2, -0.15) is 0 Å². The topological polar surface area (TPSA) is 51.7 Å². The molecular weight excluding hydrogens is 190 g/mol. The summed E-state index contributed by atoms with van der Waals surface area (Å²) in [7, 11) is 0. The maximum Gasteiger partial charge on any atom is 0.178 e. The fourth-order valence-electron chi connectivity index (χ4n) is 2.76. The molecule has 2 saturated heterocycles. The van der Waals surface area contributed by atoms with Crippen LogP contribution < -0.4 is 16.0 Å². The van der Waals surface area contributed by atoms with E-state index in [2.05, 4.69) is 44.1 Å². The highest BCUT2D eigenvalue weighted by Gasteiger charge is 2.44. The molecule has 0 bridgehead atoms. The summed E-state index contributed by atoms with van der Waals surface area (Å²) in [5, 5.41) is 10.4. The van der Waals surface area contributed by atoms with Gasteiger partial charge in [0.25, 0.3) is 0 Å². The second-order valence-corrected chi connectivity index (χ2v) is 4.25. The second kappa shape index (κ2) is 2.69. The molecule has 0 spiro atoms. The van der Waals surface area contributed by atoms with Crippen molar-refractivity contribution in [2.24, 2.45) is 4.99 Å². The lowest BCUT2D eigenvalue weighted by Crippen LogP contribution is -2.62. The molecule has 0 amide bonds. The zero-order valence-electron chi connectivity index (χ0n) is 8.27. The largest absolute Gasteiger partial charge is 0.318 e. The minimum Gasteiger partial charge on any atom is -0.318 e. The standard InChI is InChI=1S/C10H13N5/c1-2-6-8(3-1)15-9-7(12-5-13-9)4-11-10(15)14-6/h1-3,7,9-13H,4-5H2. The molecule has 3 heterocycles. The van der Waals surface area contributed by atoms with Crippen LogP contribution in [-0.2, 0) is 0 Å². The van der Waals surface area contributed by atoms with E-state index in [1.54, 1.807) is 0 Å². The first kappa shape index (κ1) is 8.04. The molecule has 0 radical (unpaired) electrons. The molecule has 78 valence electrons. The molecule has 15 heavy (non-hydrogen) atoms. The van der Waals surface area contributed by atoms with E-state index in [9.17, 15) is 0 Å². The van der Waals surface area contributed by atoms with E-state index in [-0.39, 0.29) is 6.29 Å². The molecule has 4 aliphatic rings. The van der Waals surface area contributed by atoms with Gasteiger partial charge in [0.2, 0.25) is 0 Å². The van der Waals surface area contributed by atoms with Crippen LogP contribution in [0, 0.1) is 0 Å². The van der Waals surface area contributed by atoms with Gasteiger partial charge in [-0.1, -0.05) is 6.08 Å². The lowest BCUT2D eigenvalue weighted by Gasteiger charge is -2.40. The molecule has 3 atom stereocenters. The van der Waals surface area contributed by atoms with Crippen molar-refractivity contribution in [1.82, 2.24) is 20.9 Å². The number of hydrogen-bond acceptors (Lipinski definition) is 5. The Labute approximate surface area is 87.9 Å². The molecule has 3 unspecified atom stereocenters. The van der Waals surface area contributed by atoms with Gasteiger partial charge in [-0.15, -0.1) is 0 Å². The predicted molar refractivity (Wildman–Crippen MR) is 57.0 cm³/mol. The number of aliphatic imine (C=N–C) groups is 1. The number of hydrogen-bond donors (Lipinski definition) is 3. The van der Waals surface area contributed by atoms with E-state index in [0.29, 0.717) is 12.2 Å². The minimum absolute atomic E-state index is 0.129. The number of allylic oxidation sites excluding steroid dienone is 3. The molecule has 3 N–H and O–H groups in total. The Hall–Kier alpha value is -1.17. The number of rotatable bonds is 0. The Balaban J connectivity index is 1.74. The minimum atomic E-state index is 0.129. The molecule has 0 aromatic heterocycles. The first-order chi connectivity index (χ1) is 7.43. The first-order valence-electron chi connectivity index (χ1n) is 5.38. The van der Waals surface area contributed by atoms with Crippen LogP contribution in [0.1, 0.15) is 0 Å². The van der Waals surface area contributed by atoms with E-state index in [0.717, 1.165) is 18.9 Å². The predicted octanol–water partition coefficient (Wildman–Crippen LogP) is -1.07. The van der Waals surface area contributed by atoms with Gasteiger partial charge < -0.3 is 4.90 Å². The van der Waals surface area contributed by atoms with E-state index < -0.39 is 0 Å². The Morgan fingerprint density at radius 3 is 3.33 bits per heavy atom. The van der Waals surface area contributed by atoms with Crippen molar-refractivity contribution in [2.45, 2.75) is 18.5 Å². The Bertz CT molecular complexity index is 397. The molecule has 5 heteroatoms. The van der Waals surface area contributed by atoms with Crippen LogP contribution in [0.3, 0.4) is 0 Å². The number of nitrogens with zero attached hydrogens (tertiary/aromatic N) is 2. The quantitative estimate of drug-likeness (QED) is 0.469. The normalized spacial score (nSPS) is 41.1. The van der Waals surface area contributed by atoms with Crippen molar-refractivity contribution in [1.29, 1.82) is 0 Å². The summed E-state index contributed by atoms with van der Waals surface area (Å²) in [6, 6.07) is 0.484. The van der Waals surface area contributed by atoms with Gasteiger partial charge in [0, 0.05) is 13.2 Å². The van der Waals surface area contributed by atoms with Crippen molar-refractivity contribution in [3.63, 3.8) is 0 Å². The highest BCUT2D eigenvalue weighted by Crippen LogP contribution is 2.29. The first-order valence-corrected chi connectivity index (χ1v) is 5.38. The van der Waals surface area contributed by atoms with Gasteiger partial charge in [0.15, 0.2) is 6.29 Å². The molecule has 1 aliphatic carbocycles. The van der Waals surface area contributed by atoms with Crippen LogP contribution in [0.5, 0.6) is 0 Å². The van der Waals surface area contributed by atoms with Crippen molar-refractivity contribution in [2.75, 3.05) is 13.2 Å². The fourth-order valence-corrected chi connectivity index (χ4v) is 2.76. The third-order valence-electron chi connectivity index (χ3n) is 3.45. The highest BCUT2D eigenvalue weighted by molar-refractivity contribution is 6.12. The van der Waals surface area contributed by atoms with Crippen molar-refractivity contribution in [3.05, 3.63) is 23.9 Å². The molecular formula is C10H13N5. The summed E-state index contributed by atoms with van der Waals surface area (Å²) < 4.78 is 0. The zero-order chi connectivity index (χ0) is 9.83. The molecule has 0 aromatic rings. The lowest BCUT2D eigenvalue weighted by atomic mass is 10.1. The van der Waals surface area contributed by atoms with Crippen LogP contribution in [0.4, 0.5) is 0 Å². The summed E-state index contributed by atoms with van der Waals surface area (Å²) in [4.78, 5) is 6.98. The van der Waals surface area contributed by atoms with Gasteiger partial charge in [0.05, 0.1) is 17.5 Å². The van der Waals surface area contributed by atoms with Crippen molar-refractivity contribution >= 4 is 5.71 Å². The van der Waals surface area contributed by atoms with Gasteiger partial charge in [-0.25, -0.2) is 4.99 Å².